The van der Waals surface area contributed by atoms with Crippen molar-refractivity contribution in [3.8, 4) is 11.4 Å². The van der Waals surface area contributed by atoms with Crippen LogP contribution in [-0.2, 0) is 4.79 Å². The summed E-state index contributed by atoms with van der Waals surface area (Å²) in [5.74, 6) is 0.327. The Bertz CT molecular complexity index is 680. The van der Waals surface area contributed by atoms with Crippen LogP contribution in [0, 0.1) is 0 Å². The van der Waals surface area contributed by atoms with Crippen LogP contribution < -0.4 is 0 Å². The summed E-state index contributed by atoms with van der Waals surface area (Å²) in [6.07, 6.45) is 4.55. The SMILES string of the molecule is CC(Sc1nnnn1-c1ccc(O)cc1)C(=O)N1CCCCCC1. The van der Waals surface area contributed by atoms with E-state index in [1.54, 1.807) is 28.9 Å². The van der Waals surface area contributed by atoms with Crippen LogP contribution >= 0.6 is 11.8 Å². The first-order chi connectivity index (χ1) is 11.6. The van der Waals surface area contributed by atoms with Gasteiger partial charge in [-0.15, -0.1) is 5.10 Å². The minimum atomic E-state index is -0.245. The highest BCUT2D eigenvalue weighted by Crippen LogP contribution is 2.25. The van der Waals surface area contributed by atoms with E-state index in [4.69, 9.17) is 0 Å². The van der Waals surface area contributed by atoms with Crippen molar-refractivity contribution in [3.05, 3.63) is 24.3 Å². The molecule has 1 saturated heterocycles. The van der Waals surface area contributed by atoms with Crippen molar-refractivity contribution < 1.29 is 9.90 Å². The second-order valence-electron chi connectivity index (χ2n) is 5.89. The van der Waals surface area contributed by atoms with Crippen molar-refractivity contribution in [2.75, 3.05) is 13.1 Å². The molecular formula is C16H21N5O2S. The third kappa shape index (κ3) is 3.87. The van der Waals surface area contributed by atoms with Crippen molar-refractivity contribution in [1.29, 1.82) is 0 Å². The Hall–Kier alpha value is -2.09. The van der Waals surface area contributed by atoms with Gasteiger partial charge in [0.2, 0.25) is 11.1 Å². The number of phenolic OH excluding ortho intramolecular Hbond substituents is 1. The molecule has 0 spiro atoms. The van der Waals surface area contributed by atoms with Gasteiger partial charge in [0.05, 0.1) is 10.9 Å². The molecule has 1 aliphatic heterocycles. The summed E-state index contributed by atoms with van der Waals surface area (Å²) in [6.45, 7) is 3.58. The molecule has 1 atom stereocenters. The zero-order valence-electron chi connectivity index (χ0n) is 13.6. The number of amides is 1. The number of rotatable bonds is 4. The first-order valence-electron chi connectivity index (χ1n) is 8.18. The molecule has 1 fully saturated rings. The molecular weight excluding hydrogens is 326 g/mol. The zero-order chi connectivity index (χ0) is 16.9. The number of hydrogen-bond donors (Lipinski definition) is 1. The molecule has 128 valence electrons. The number of carbonyl (C=O) groups excluding carboxylic acids is 1. The maximum Gasteiger partial charge on any atom is 0.235 e. The highest BCUT2D eigenvalue weighted by molar-refractivity contribution is 8.00. The molecule has 1 aromatic carbocycles. The van der Waals surface area contributed by atoms with Crippen LogP contribution in [0.1, 0.15) is 32.6 Å². The molecule has 3 rings (SSSR count). The zero-order valence-corrected chi connectivity index (χ0v) is 14.4. The Balaban J connectivity index is 1.70. The minimum Gasteiger partial charge on any atom is -0.508 e. The molecule has 1 amide bonds. The average Bonchev–Trinajstić information content (AvgIpc) is 2.87. The summed E-state index contributed by atoms with van der Waals surface area (Å²) < 4.78 is 1.58. The van der Waals surface area contributed by atoms with Gasteiger partial charge >= 0.3 is 0 Å². The van der Waals surface area contributed by atoms with Gasteiger partial charge in [-0.3, -0.25) is 4.79 Å². The normalized spacial score (nSPS) is 16.6. The number of thioether (sulfide) groups is 1. The number of phenols is 1. The van der Waals surface area contributed by atoms with Gasteiger partial charge in [-0.05, 0) is 54.5 Å². The predicted octanol–water partition coefficient (Wildman–Crippen LogP) is 2.25. The Morgan fingerprint density at radius 3 is 2.50 bits per heavy atom. The van der Waals surface area contributed by atoms with E-state index >= 15 is 0 Å². The van der Waals surface area contributed by atoms with Crippen LogP contribution in [0.25, 0.3) is 5.69 Å². The number of benzene rings is 1. The van der Waals surface area contributed by atoms with Gasteiger partial charge in [-0.2, -0.15) is 4.68 Å². The van der Waals surface area contributed by atoms with Gasteiger partial charge in [0, 0.05) is 13.1 Å². The topological polar surface area (TPSA) is 84.1 Å². The fourth-order valence-electron chi connectivity index (χ4n) is 2.76. The van der Waals surface area contributed by atoms with Gasteiger partial charge in [0.25, 0.3) is 0 Å². The molecule has 1 N–H and O–H groups in total. The minimum absolute atomic E-state index is 0.141. The maximum absolute atomic E-state index is 12.7. The van der Waals surface area contributed by atoms with E-state index in [-0.39, 0.29) is 16.9 Å². The van der Waals surface area contributed by atoms with E-state index in [1.807, 2.05) is 11.8 Å². The number of nitrogens with zero attached hydrogens (tertiary/aromatic N) is 5. The van der Waals surface area contributed by atoms with E-state index in [1.165, 1.54) is 24.6 Å². The monoisotopic (exact) mass is 347 g/mol. The second-order valence-corrected chi connectivity index (χ2v) is 7.20. The molecule has 1 aromatic heterocycles. The maximum atomic E-state index is 12.7. The van der Waals surface area contributed by atoms with Gasteiger partial charge in [-0.1, -0.05) is 24.6 Å². The van der Waals surface area contributed by atoms with Crippen molar-refractivity contribution >= 4 is 17.7 Å². The van der Waals surface area contributed by atoms with E-state index in [0.717, 1.165) is 31.6 Å². The fraction of sp³-hybridized carbons (Fsp3) is 0.500. The standard InChI is InChI=1S/C16H21N5O2S/c1-12(15(23)20-10-4-2-3-5-11-20)24-16-17-18-19-21(16)13-6-8-14(22)9-7-13/h6-9,12,22H,2-5,10-11H2,1H3. The van der Waals surface area contributed by atoms with Crippen LogP contribution in [0.3, 0.4) is 0 Å². The molecule has 2 aromatic rings. The molecule has 2 heterocycles. The predicted molar refractivity (Wildman–Crippen MR) is 91.2 cm³/mol. The quantitative estimate of drug-likeness (QED) is 0.854. The lowest BCUT2D eigenvalue weighted by molar-refractivity contribution is -0.130. The van der Waals surface area contributed by atoms with Gasteiger partial charge < -0.3 is 10.0 Å². The van der Waals surface area contributed by atoms with Gasteiger partial charge in [-0.25, -0.2) is 0 Å². The summed E-state index contributed by atoms with van der Waals surface area (Å²) in [6, 6.07) is 6.63. The average molecular weight is 347 g/mol. The Morgan fingerprint density at radius 1 is 1.17 bits per heavy atom. The summed E-state index contributed by atoms with van der Waals surface area (Å²) in [5.41, 5.74) is 0.745. The van der Waals surface area contributed by atoms with Crippen LogP contribution in [-0.4, -0.2) is 54.5 Å². The third-order valence-corrected chi connectivity index (χ3v) is 5.10. The fourth-order valence-corrected chi connectivity index (χ4v) is 3.66. The highest BCUT2D eigenvalue weighted by Gasteiger charge is 2.24. The lowest BCUT2D eigenvalue weighted by Crippen LogP contribution is -2.37. The van der Waals surface area contributed by atoms with Crippen molar-refractivity contribution in [1.82, 2.24) is 25.1 Å². The highest BCUT2D eigenvalue weighted by atomic mass is 32.2. The number of likely N-dealkylation sites (tertiary alicyclic amines) is 1. The first-order valence-corrected chi connectivity index (χ1v) is 9.06. The number of hydrogen-bond acceptors (Lipinski definition) is 6. The summed E-state index contributed by atoms with van der Waals surface area (Å²) in [7, 11) is 0. The van der Waals surface area contributed by atoms with E-state index < -0.39 is 0 Å². The smallest absolute Gasteiger partial charge is 0.235 e. The Kier molecular flexibility index (Phi) is 5.34. The molecule has 0 bridgehead atoms. The molecule has 8 heteroatoms. The largest absolute Gasteiger partial charge is 0.508 e. The first kappa shape index (κ1) is 16.8. The Morgan fingerprint density at radius 2 is 1.83 bits per heavy atom. The number of carbonyl (C=O) groups is 1. The number of aromatic hydroxyl groups is 1. The molecule has 1 aliphatic rings. The Labute approximate surface area is 145 Å². The summed E-state index contributed by atoms with van der Waals surface area (Å²) in [4.78, 5) is 14.6. The van der Waals surface area contributed by atoms with Crippen LogP contribution in [0.5, 0.6) is 5.75 Å². The lowest BCUT2D eigenvalue weighted by Gasteiger charge is -2.23. The molecule has 0 saturated carbocycles. The summed E-state index contributed by atoms with van der Waals surface area (Å²) in [5, 5.41) is 21.4. The van der Waals surface area contributed by atoms with Crippen molar-refractivity contribution in [2.45, 2.75) is 43.0 Å². The number of tetrazole rings is 1. The lowest BCUT2D eigenvalue weighted by atomic mass is 10.2. The van der Waals surface area contributed by atoms with E-state index in [2.05, 4.69) is 15.5 Å². The summed E-state index contributed by atoms with van der Waals surface area (Å²) >= 11 is 1.36. The van der Waals surface area contributed by atoms with E-state index in [0.29, 0.717) is 5.16 Å². The van der Waals surface area contributed by atoms with Crippen molar-refractivity contribution in [3.63, 3.8) is 0 Å². The van der Waals surface area contributed by atoms with Crippen molar-refractivity contribution in [2.24, 2.45) is 0 Å². The second kappa shape index (κ2) is 7.65. The molecule has 0 radical (unpaired) electrons. The van der Waals surface area contributed by atoms with Crippen LogP contribution in [0.15, 0.2) is 29.4 Å². The number of aromatic nitrogens is 4. The van der Waals surface area contributed by atoms with Gasteiger partial charge in [0.15, 0.2) is 0 Å². The van der Waals surface area contributed by atoms with Gasteiger partial charge in [0.1, 0.15) is 5.75 Å². The van der Waals surface area contributed by atoms with E-state index in [9.17, 15) is 9.90 Å². The molecule has 24 heavy (non-hydrogen) atoms. The third-order valence-electron chi connectivity index (χ3n) is 4.08. The van der Waals surface area contributed by atoms with Crippen LogP contribution in [0.4, 0.5) is 0 Å². The van der Waals surface area contributed by atoms with Crippen LogP contribution in [0.2, 0.25) is 0 Å². The molecule has 1 unspecified atom stereocenters. The molecule has 0 aliphatic carbocycles. The molecule has 7 nitrogen and oxygen atoms in total.